The fourth-order valence-electron chi connectivity index (χ4n) is 3.07. The van der Waals surface area contributed by atoms with Crippen LogP contribution in [0.1, 0.15) is 31.5 Å². The van der Waals surface area contributed by atoms with Crippen molar-refractivity contribution in [3.05, 3.63) is 40.5 Å². The van der Waals surface area contributed by atoms with Crippen molar-refractivity contribution >= 4 is 47.1 Å². The SMILES string of the molecule is CN=C(NCCc1nc(C(C)(C)C)cs1)N1CCN(c2ccccn2)CC1.I. The van der Waals surface area contributed by atoms with Gasteiger partial charge >= 0.3 is 0 Å². The second kappa shape index (κ2) is 10.4. The van der Waals surface area contributed by atoms with Crippen molar-refractivity contribution in [3.8, 4) is 0 Å². The Hall–Kier alpha value is -1.42. The highest BCUT2D eigenvalue weighted by atomic mass is 127. The molecule has 0 aliphatic carbocycles. The lowest BCUT2D eigenvalue weighted by Gasteiger charge is -2.37. The van der Waals surface area contributed by atoms with E-state index in [2.05, 4.69) is 57.3 Å². The highest BCUT2D eigenvalue weighted by Crippen LogP contribution is 2.23. The zero-order valence-corrected chi connectivity index (χ0v) is 20.3. The number of halogens is 1. The number of hydrogen-bond acceptors (Lipinski definition) is 5. The first kappa shape index (κ1) is 22.9. The maximum Gasteiger partial charge on any atom is 0.193 e. The summed E-state index contributed by atoms with van der Waals surface area (Å²) in [5.41, 5.74) is 1.29. The molecule has 0 aromatic carbocycles. The van der Waals surface area contributed by atoms with Crippen molar-refractivity contribution in [2.24, 2.45) is 4.99 Å². The molecule has 1 saturated heterocycles. The Labute approximate surface area is 189 Å². The maximum atomic E-state index is 4.77. The number of guanidine groups is 1. The predicted molar refractivity (Wildman–Crippen MR) is 129 cm³/mol. The van der Waals surface area contributed by atoms with Gasteiger partial charge in [0.2, 0.25) is 0 Å². The highest BCUT2D eigenvalue weighted by Gasteiger charge is 2.20. The van der Waals surface area contributed by atoms with Crippen LogP contribution < -0.4 is 10.2 Å². The summed E-state index contributed by atoms with van der Waals surface area (Å²) in [6.45, 7) is 11.3. The molecular formula is C20H31IN6S. The van der Waals surface area contributed by atoms with Gasteiger partial charge in [-0.05, 0) is 12.1 Å². The molecule has 0 spiro atoms. The first-order valence-electron chi connectivity index (χ1n) is 9.54. The number of thiazole rings is 1. The molecule has 0 atom stereocenters. The van der Waals surface area contributed by atoms with Gasteiger partial charge in [0, 0.05) is 63.2 Å². The monoisotopic (exact) mass is 514 g/mol. The fraction of sp³-hybridized carbons (Fsp3) is 0.550. The van der Waals surface area contributed by atoms with Crippen LogP contribution in [0, 0.1) is 0 Å². The summed E-state index contributed by atoms with van der Waals surface area (Å²) < 4.78 is 0. The second-order valence-electron chi connectivity index (χ2n) is 7.76. The van der Waals surface area contributed by atoms with E-state index in [1.807, 2.05) is 25.4 Å². The van der Waals surface area contributed by atoms with Crippen molar-refractivity contribution < 1.29 is 0 Å². The minimum absolute atomic E-state index is 0. The van der Waals surface area contributed by atoms with Crippen LogP contribution in [0.3, 0.4) is 0 Å². The van der Waals surface area contributed by atoms with E-state index in [9.17, 15) is 0 Å². The van der Waals surface area contributed by atoms with Crippen LogP contribution in [0.2, 0.25) is 0 Å². The van der Waals surface area contributed by atoms with Crippen molar-refractivity contribution in [3.63, 3.8) is 0 Å². The molecule has 1 aliphatic rings. The first-order chi connectivity index (χ1) is 13.0. The molecule has 8 heteroatoms. The van der Waals surface area contributed by atoms with Gasteiger partial charge in [-0.2, -0.15) is 0 Å². The predicted octanol–water partition coefficient (Wildman–Crippen LogP) is 3.39. The number of anilines is 1. The molecule has 6 nitrogen and oxygen atoms in total. The number of pyridine rings is 1. The van der Waals surface area contributed by atoms with Gasteiger partial charge in [0.05, 0.1) is 10.7 Å². The van der Waals surface area contributed by atoms with E-state index in [1.54, 1.807) is 11.3 Å². The van der Waals surface area contributed by atoms with E-state index in [-0.39, 0.29) is 29.4 Å². The van der Waals surface area contributed by atoms with Gasteiger partial charge in [0.1, 0.15) is 5.82 Å². The van der Waals surface area contributed by atoms with Crippen LogP contribution in [0.5, 0.6) is 0 Å². The summed E-state index contributed by atoms with van der Waals surface area (Å²) in [7, 11) is 1.86. The van der Waals surface area contributed by atoms with Gasteiger partial charge in [-0.25, -0.2) is 9.97 Å². The summed E-state index contributed by atoms with van der Waals surface area (Å²) in [5, 5.41) is 6.86. The van der Waals surface area contributed by atoms with Gasteiger partial charge in [-0.3, -0.25) is 4.99 Å². The highest BCUT2D eigenvalue weighted by molar-refractivity contribution is 14.0. The van der Waals surface area contributed by atoms with E-state index in [4.69, 9.17) is 4.98 Å². The van der Waals surface area contributed by atoms with E-state index in [0.717, 1.165) is 50.9 Å². The van der Waals surface area contributed by atoms with E-state index < -0.39 is 0 Å². The molecule has 28 heavy (non-hydrogen) atoms. The van der Waals surface area contributed by atoms with Gasteiger partial charge in [-0.15, -0.1) is 35.3 Å². The lowest BCUT2D eigenvalue weighted by atomic mass is 9.93. The van der Waals surface area contributed by atoms with Crippen molar-refractivity contribution in [1.82, 2.24) is 20.2 Å². The lowest BCUT2D eigenvalue weighted by Crippen LogP contribution is -2.53. The van der Waals surface area contributed by atoms with Gasteiger partial charge in [0.25, 0.3) is 0 Å². The van der Waals surface area contributed by atoms with Gasteiger partial charge in [0.15, 0.2) is 5.96 Å². The minimum Gasteiger partial charge on any atom is -0.356 e. The average molecular weight is 514 g/mol. The first-order valence-corrected chi connectivity index (χ1v) is 10.4. The Kier molecular flexibility index (Phi) is 8.48. The Morgan fingerprint density at radius 2 is 1.96 bits per heavy atom. The van der Waals surface area contributed by atoms with Crippen LogP contribution in [-0.2, 0) is 11.8 Å². The Morgan fingerprint density at radius 1 is 1.21 bits per heavy atom. The van der Waals surface area contributed by atoms with Crippen molar-refractivity contribution in [2.45, 2.75) is 32.6 Å². The molecule has 2 aromatic heterocycles. The van der Waals surface area contributed by atoms with Crippen LogP contribution in [-0.4, -0.2) is 60.6 Å². The Bertz CT molecular complexity index is 748. The van der Waals surface area contributed by atoms with Crippen LogP contribution in [0.25, 0.3) is 0 Å². The van der Waals surface area contributed by atoms with Gasteiger partial charge < -0.3 is 15.1 Å². The summed E-state index contributed by atoms with van der Waals surface area (Å²) in [6.07, 6.45) is 2.78. The quantitative estimate of drug-likeness (QED) is 0.385. The molecule has 1 aliphatic heterocycles. The minimum atomic E-state index is 0. The number of hydrogen-bond donors (Lipinski definition) is 1. The number of piperazine rings is 1. The molecule has 0 radical (unpaired) electrons. The molecule has 1 fully saturated rings. The Balaban J connectivity index is 0.00000280. The Morgan fingerprint density at radius 3 is 2.54 bits per heavy atom. The summed E-state index contributed by atoms with van der Waals surface area (Å²) >= 11 is 1.75. The lowest BCUT2D eigenvalue weighted by molar-refractivity contribution is 0.372. The molecule has 0 saturated carbocycles. The third-order valence-corrected chi connectivity index (χ3v) is 5.62. The fourth-order valence-corrected chi connectivity index (χ4v) is 4.10. The number of aliphatic imine (C=N–C) groups is 1. The topological polar surface area (TPSA) is 56.7 Å². The van der Waals surface area contributed by atoms with E-state index >= 15 is 0 Å². The maximum absolute atomic E-state index is 4.77. The second-order valence-corrected chi connectivity index (χ2v) is 8.71. The number of nitrogens with one attached hydrogen (secondary N) is 1. The third-order valence-electron chi connectivity index (χ3n) is 4.71. The number of rotatable bonds is 4. The normalized spacial score (nSPS) is 15.4. The van der Waals surface area contributed by atoms with Crippen LogP contribution in [0.4, 0.5) is 5.82 Å². The molecule has 0 amide bonds. The van der Waals surface area contributed by atoms with Gasteiger partial charge in [-0.1, -0.05) is 26.8 Å². The van der Waals surface area contributed by atoms with Crippen LogP contribution in [0.15, 0.2) is 34.8 Å². The largest absolute Gasteiger partial charge is 0.356 e. The molecule has 3 heterocycles. The molecule has 154 valence electrons. The zero-order valence-electron chi connectivity index (χ0n) is 17.2. The molecular weight excluding hydrogens is 483 g/mol. The molecule has 0 unspecified atom stereocenters. The number of aromatic nitrogens is 2. The van der Waals surface area contributed by atoms with Crippen molar-refractivity contribution in [2.75, 3.05) is 44.7 Å². The summed E-state index contributed by atoms with van der Waals surface area (Å²) in [6, 6.07) is 6.07. The molecule has 3 rings (SSSR count). The molecule has 1 N–H and O–H groups in total. The molecule has 0 bridgehead atoms. The van der Waals surface area contributed by atoms with Crippen LogP contribution >= 0.6 is 35.3 Å². The van der Waals surface area contributed by atoms with Crippen molar-refractivity contribution in [1.29, 1.82) is 0 Å². The van der Waals surface area contributed by atoms with E-state index in [0.29, 0.717) is 0 Å². The number of nitrogens with zero attached hydrogens (tertiary/aromatic N) is 5. The smallest absolute Gasteiger partial charge is 0.193 e. The summed E-state index contributed by atoms with van der Waals surface area (Å²) in [4.78, 5) is 18.3. The average Bonchev–Trinajstić information content (AvgIpc) is 3.16. The van der Waals surface area contributed by atoms with E-state index in [1.165, 1.54) is 10.7 Å². The summed E-state index contributed by atoms with van der Waals surface area (Å²) in [5.74, 6) is 2.03. The standard InChI is InChI=1S/C20H30N6S.HI/c1-20(2,3)16-15-27-18(24-16)8-10-23-19(21-4)26-13-11-25(12-14-26)17-7-5-6-9-22-17;/h5-7,9,15H,8,10-14H2,1-4H3,(H,21,23);1H. The third kappa shape index (κ3) is 6.04. The zero-order chi connectivity index (χ0) is 19.3. The molecule has 2 aromatic rings.